The molecule has 7 nitrogen and oxygen atoms in total. The van der Waals surface area contributed by atoms with E-state index >= 15 is 0 Å². The lowest BCUT2D eigenvalue weighted by Crippen LogP contribution is -2.55. The third-order valence-electron chi connectivity index (χ3n) is 7.41. The second-order valence-corrected chi connectivity index (χ2v) is 10.6. The van der Waals surface area contributed by atoms with Crippen molar-refractivity contribution in [2.45, 2.75) is 95.4 Å². The van der Waals surface area contributed by atoms with Crippen molar-refractivity contribution in [2.75, 3.05) is 13.2 Å². The Morgan fingerprint density at radius 3 is 2.66 bits per heavy atom. The lowest BCUT2D eigenvalue weighted by atomic mass is 9.73. The first-order chi connectivity index (χ1) is 18.3. The molecule has 0 amide bonds. The van der Waals surface area contributed by atoms with Crippen molar-refractivity contribution in [1.29, 1.82) is 0 Å². The smallest absolute Gasteiger partial charge is 0.331 e. The molecule has 0 saturated carbocycles. The summed E-state index contributed by atoms with van der Waals surface area (Å²) in [5, 5.41) is 29.7. The van der Waals surface area contributed by atoms with Gasteiger partial charge in [0.05, 0.1) is 42.5 Å². The number of carbonyl (C=O) groups is 1. The van der Waals surface area contributed by atoms with Gasteiger partial charge >= 0.3 is 5.97 Å². The first-order valence-corrected chi connectivity index (χ1v) is 13.7. The van der Waals surface area contributed by atoms with E-state index in [2.05, 4.69) is 18.2 Å². The van der Waals surface area contributed by atoms with Crippen LogP contribution in [0, 0.1) is 5.41 Å². The van der Waals surface area contributed by atoms with Crippen LogP contribution in [0.4, 0.5) is 0 Å². The summed E-state index contributed by atoms with van der Waals surface area (Å²) in [5.41, 5.74) is 0.306. The van der Waals surface area contributed by atoms with Crippen molar-refractivity contribution in [3.63, 3.8) is 0 Å². The van der Waals surface area contributed by atoms with Crippen LogP contribution < -0.4 is 0 Å². The quantitative estimate of drug-likeness (QED) is 0.362. The van der Waals surface area contributed by atoms with E-state index in [1.165, 1.54) is 6.08 Å². The van der Waals surface area contributed by atoms with Crippen LogP contribution in [0.15, 0.2) is 72.4 Å². The van der Waals surface area contributed by atoms with Crippen LogP contribution in [0.3, 0.4) is 0 Å². The zero-order valence-electron chi connectivity index (χ0n) is 22.7. The first kappa shape index (κ1) is 30.3. The maximum Gasteiger partial charge on any atom is 0.331 e. The Morgan fingerprint density at radius 1 is 1.03 bits per heavy atom. The maximum atomic E-state index is 12.7. The zero-order chi connectivity index (χ0) is 27.4. The minimum Gasteiger partial charge on any atom is -0.458 e. The van der Waals surface area contributed by atoms with Crippen molar-refractivity contribution in [2.24, 2.45) is 5.41 Å². The summed E-state index contributed by atoms with van der Waals surface area (Å²) in [5.74, 6) is -0.471. The highest BCUT2D eigenvalue weighted by Crippen LogP contribution is 2.40. The molecule has 3 heterocycles. The van der Waals surface area contributed by atoms with Gasteiger partial charge in [-0.3, -0.25) is 0 Å². The molecule has 0 spiro atoms. The molecule has 3 rings (SSSR count). The van der Waals surface area contributed by atoms with Gasteiger partial charge in [-0.15, -0.1) is 0 Å². The van der Waals surface area contributed by atoms with Crippen molar-refractivity contribution in [3.8, 4) is 0 Å². The first-order valence-electron chi connectivity index (χ1n) is 13.7. The molecular weight excluding hydrogens is 484 g/mol. The highest BCUT2D eigenvalue weighted by atomic mass is 16.6. The topological polar surface area (TPSA) is 105 Å². The normalized spacial score (nSPS) is 39.1. The molecule has 0 aromatic heterocycles. The number of aliphatic hydroxyl groups is 3. The highest BCUT2D eigenvalue weighted by Gasteiger charge is 2.48. The average Bonchev–Trinajstić information content (AvgIpc) is 2.87. The van der Waals surface area contributed by atoms with Crippen LogP contribution in [0.2, 0.25) is 0 Å². The van der Waals surface area contributed by atoms with Crippen molar-refractivity contribution in [1.82, 2.24) is 0 Å². The number of allylic oxidation sites excluding steroid dienone is 6. The van der Waals surface area contributed by atoms with Gasteiger partial charge in [-0.05, 0) is 39.0 Å². The summed E-state index contributed by atoms with van der Waals surface area (Å²) in [6.07, 6.45) is 23.1. The summed E-state index contributed by atoms with van der Waals surface area (Å²) in [6.45, 7) is 3.81. The van der Waals surface area contributed by atoms with Crippen LogP contribution in [-0.2, 0) is 19.0 Å². The predicted molar refractivity (Wildman–Crippen MR) is 147 cm³/mol. The monoisotopic (exact) mass is 528 g/mol. The number of fused-ring (bicyclic) bond motifs is 4. The molecule has 210 valence electrons. The highest BCUT2D eigenvalue weighted by molar-refractivity contribution is 5.82. The Bertz CT molecular complexity index is 931. The molecule has 7 atom stereocenters. The predicted octanol–water partition coefficient (Wildman–Crippen LogP) is 4.26. The van der Waals surface area contributed by atoms with Crippen LogP contribution in [0.25, 0.3) is 0 Å². The van der Waals surface area contributed by atoms with Gasteiger partial charge in [0.25, 0.3) is 0 Å². The van der Waals surface area contributed by atoms with Gasteiger partial charge in [-0.1, -0.05) is 73.3 Å². The molecule has 0 aliphatic carbocycles. The SMILES string of the molecule is CC1=C/[C@@H]2C[C@@H](O)C[C@H](C/C=C/C=CC(=O)O[C@@H]3C[C@@H](/C=C/C\C=C\1)O[C@@H](C/C=C\CCO)[C@]3(C)CO)O2. The summed E-state index contributed by atoms with van der Waals surface area (Å²) >= 11 is 0. The van der Waals surface area contributed by atoms with Gasteiger partial charge in [-0.2, -0.15) is 0 Å². The van der Waals surface area contributed by atoms with Crippen molar-refractivity contribution in [3.05, 3.63) is 72.4 Å². The molecule has 3 N–H and O–H groups in total. The minimum atomic E-state index is -0.776. The molecule has 3 aliphatic rings. The van der Waals surface area contributed by atoms with Crippen LogP contribution in [0.1, 0.15) is 58.8 Å². The Morgan fingerprint density at radius 2 is 1.87 bits per heavy atom. The maximum absolute atomic E-state index is 12.7. The molecule has 38 heavy (non-hydrogen) atoms. The van der Waals surface area contributed by atoms with Gasteiger partial charge in [0.2, 0.25) is 0 Å². The molecule has 4 bridgehead atoms. The van der Waals surface area contributed by atoms with E-state index in [9.17, 15) is 15.0 Å². The van der Waals surface area contributed by atoms with Crippen molar-refractivity contribution >= 4 is 5.97 Å². The van der Waals surface area contributed by atoms with E-state index in [-0.39, 0.29) is 37.6 Å². The fraction of sp³-hybridized carbons (Fsp3) is 0.581. The zero-order valence-corrected chi connectivity index (χ0v) is 22.7. The minimum absolute atomic E-state index is 0.0736. The number of esters is 1. The molecule has 0 unspecified atom stereocenters. The molecule has 2 fully saturated rings. The average molecular weight is 529 g/mol. The summed E-state index contributed by atoms with van der Waals surface area (Å²) in [7, 11) is 0. The number of ether oxygens (including phenoxy) is 3. The molecule has 3 aliphatic heterocycles. The van der Waals surface area contributed by atoms with Crippen LogP contribution in [-0.4, -0.2) is 71.1 Å². The molecule has 7 heteroatoms. The number of hydrogen-bond donors (Lipinski definition) is 3. The third-order valence-corrected chi connectivity index (χ3v) is 7.41. The Kier molecular flexibility index (Phi) is 12.2. The Balaban J connectivity index is 1.82. The largest absolute Gasteiger partial charge is 0.458 e. The Hall–Kier alpha value is -2.29. The number of aliphatic hydroxyl groups excluding tert-OH is 3. The van der Waals surface area contributed by atoms with E-state index in [0.717, 1.165) is 5.57 Å². The molecule has 0 radical (unpaired) electrons. The lowest BCUT2D eigenvalue weighted by molar-refractivity contribution is -0.198. The lowest BCUT2D eigenvalue weighted by Gasteiger charge is -2.47. The molecule has 2 saturated heterocycles. The van der Waals surface area contributed by atoms with Gasteiger partial charge in [0.15, 0.2) is 0 Å². The van der Waals surface area contributed by atoms with Gasteiger partial charge in [0, 0.05) is 25.5 Å². The number of carbonyl (C=O) groups excluding carboxylic acids is 1. The van der Waals surface area contributed by atoms with E-state index < -0.39 is 23.6 Å². The van der Waals surface area contributed by atoms with Crippen LogP contribution >= 0.6 is 0 Å². The van der Waals surface area contributed by atoms with Crippen molar-refractivity contribution < 1.29 is 34.3 Å². The second kappa shape index (κ2) is 15.3. The molecular formula is C31H44O7. The Labute approximate surface area is 226 Å². The molecule has 0 aromatic carbocycles. The van der Waals surface area contributed by atoms with E-state index in [1.54, 1.807) is 12.2 Å². The van der Waals surface area contributed by atoms with Gasteiger partial charge in [0.1, 0.15) is 6.10 Å². The van der Waals surface area contributed by atoms with Gasteiger partial charge in [-0.25, -0.2) is 4.79 Å². The third kappa shape index (κ3) is 9.17. The van der Waals surface area contributed by atoms with E-state index in [0.29, 0.717) is 44.9 Å². The second-order valence-electron chi connectivity index (χ2n) is 10.6. The van der Waals surface area contributed by atoms with Gasteiger partial charge < -0.3 is 29.5 Å². The standard InChI is InChI=1S/C31H44O7/c1-23-12-6-3-7-14-26-21-29(31(2,22-33)28(37-26)15-9-5-11-17-32)38-30(35)16-10-4-8-13-25-19-24(34)20-27(18-23)36-25/h4-10,12,14,16,18,24-29,32-34H,3,11,13,15,17,19-22H2,1-2H3/b8-4+,9-5-,12-6+,14-7+,16-10?,23-18-/t24-,25-,26+,27+,28-,29+,31-/m0/s1. The van der Waals surface area contributed by atoms with E-state index in [4.69, 9.17) is 19.3 Å². The summed E-state index contributed by atoms with van der Waals surface area (Å²) in [4.78, 5) is 12.7. The fourth-order valence-electron chi connectivity index (χ4n) is 5.18. The fourth-order valence-corrected chi connectivity index (χ4v) is 5.18. The number of hydrogen-bond acceptors (Lipinski definition) is 7. The van der Waals surface area contributed by atoms with Crippen LogP contribution in [0.5, 0.6) is 0 Å². The molecule has 0 aromatic rings. The summed E-state index contributed by atoms with van der Waals surface area (Å²) in [6, 6.07) is 0. The number of rotatable bonds is 5. The summed E-state index contributed by atoms with van der Waals surface area (Å²) < 4.78 is 18.4. The van der Waals surface area contributed by atoms with E-state index in [1.807, 2.05) is 44.2 Å².